The Labute approximate surface area is 167 Å². The van der Waals surface area contributed by atoms with Gasteiger partial charge in [0.25, 0.3) is 5.69 Å². The van der Waals surface area contributed by atoms with Gasteiger partial charge in [-0.1, -0.05) is 30.3 Å². The van der Waals surface area contributed by atoms with Gasteiger partial charge in [0.2, 0.25) is 0 Å². The van der Waals surface area contributed by atoms with E-state index in [-0.39, 0.29) is 11.4 Å². The maximum atomic E-state index is 11.1. The van der Waals surface area contributed by atoms with Crippen LogP contribution in [0.15, 0.2) is 82.0 Å². The Morgan fingerprint density at radius 2 is 1.69 bits per heavy atom. The molecule has 2 N–H and O–H groups in total. The summed E-state index contributed by atoms with van der Waals surface area (Å²) in [5.41, 5.74) is 2.70. The molecule has 0 heterocycles. The maximum absolute atomic E-state index is 11.1. The molecule has 0 saturated carbocycles. The molecule has 146 valence electrons. The second-order valence-electron chi connectivity index (χ2n) is 5.99. The number of benzene rings is 3. The molecule has 0 aliphatic rings. The van der Waals surface area contributed by atoms with Gasteiger partial charge in [-0.3, -0.25) is 15.1 Å². The molecule has 0 spiro atoms. The van der Waals surface area contributed by atoms with Crippen LogP contribution in [0.4, 0.5) is 28.4 Å². The van der Waals surface area contributed by atoms with E-state index in [4.69, 9.17) is 0 Å². The van der Waals surface area contributed by atoms with Crippen molar-refractivity contribution in [2.75, 3.05) is 11.9 Å². The van der Waals surface area contributed by atoms with Crippen LogP contribution in [0.3, 0.4) is 0 Å². The van der Waals surface area contributed by atoms with E-state index in [1.165, 1.54) is 18.2 Å². The van der Waals surface area contributed by atoms with Gasteiger partial charge in [-0.05, 0) is 31.2 Å². The average molecular weight is 389 g/mol. The van der Waals surface area contributed by atoms with E-state index in [0.717, 1.165) is 0 Å². The van der Waals surface area contributed by atoms with E-state index >= 15 is 0 Å². The van der Waals surface area contributed by atoms with Gasteiger partial charge in [0.05, 0.1) is 22.0 Å². The van der Waals surface area contributed by atoms with Gasteiger partial charge in [0.1, 0.15) is 11.4 Å². The first-order valence-electron chi connectivity index (χ1n) is 8.93. The Morgan fingerprint density at radius 1 is 1.00 bits per heavy atom. The fourth-order valence-electron chi connectivity index (χ4n) is 2.56. The maximum Gasteiger partial charge on any atom is 0.271 e. The van der Waals surface area contributed by atoms with E-state index in [2.05, 4.69) is 20.5 Å². The van der Waals surface area contributed by atoms with Crippen molar-refractivity contribution in [3.63, 3.8) is 0 Å². The van der Waals surface area contributed by atoms with Gasteiger partial charge < -0.3 is 10.4 Å². The molecular weight excluding hydrogens is 370 g/mol. The number of rotatable bonds is 7. The number of nitrogens with zero attached hydrogens (tertiary/aromatic N) is 4. The zero-order valence-electron chi connectivity index (χ0n) is 15.7. The summed E-state index contributed by atoms with van der Waals surface area (Å²) >= 11 is 0. The Kier molecular flexibility index (Phi) is 6.26. The lowest BCUT2D eigenvalue weighted by atomic mass is 10.2. The van der Waals surface area contributed by atoms with Crippen molar-refractivity contribution >= 4 is 34.7 Å². The predicted molar refractivity (Wildman–Crippen MR) is 113 cm³/mol. The van der Waals surface area contributed by atoms with Crippen LogP contribution in [0.5, 0.6) is 5.75 Å². The summed E-state index contributed by atoms with van der Waals surface area (Å²) in [6.07, 6.45) is 1.58. The monoisotopic (exact) mass is 389 g/mol. The van der Waals surface area contributed by atoms with E-state index in [1.54, 1.807) is 36.5 Å². The van der Waals surface area contributed by atoms with Crippen molar-refractivity contribution in [3.8, 4) is 5.75 Å². The third kappa shape index (κ3) is 5.01. The van der Waals surface area contributed by atoms with Crippen LogP contribution in [0.25, 0.3) is 0 Å². The number of hydrogen-bond acceptors (Lipinski definition) is 7. The highest BCUT2D eigenvalue weighted by Crippen LogP contribution is 2.31. The number of azo groups is 1. The Morgan fingerprint density at radius 3 is 2.41 bits per heavy atom. The lowest BCUT2D eigenvalue weighted by Crippen LogP contribution is -1.97. The van der Waals surface area contributed by atoms with Crippen LogP contribution in [0, 0.1) is 10.1 Å². The molecule has 3 aromatic rings. The van der Waals surface area contributed by atoms with Crippen LogP contribution < -0.4 is 5.32 Å². The van der Waals surface area contributed by atoms with E-state index in [9.17, 15) is 15.2 Å². The van der Waals surface area contributed by atoms with Crippen LogP contribution >= 0.6 is 0 Å². The Hall–Kier alpha value is -4.07. The molecule has 3 aromatic carbocycles. The van der Waals surface area contributed by atoms with Gasteiger partial charge in [-0.2, -0.15) is 0 Å². The molecule has 0 saturated heterocycles. The standard InChI is InChI=1S/C21H19N5O3/c1-2-22-18-12-11-16(26(28)29)13-20(18)23-14-15-7-3-4-8-17(15)24-25-19-9-5-6-10-21(19)27/h3-14,22,27H,2H2,1H3. The molecule has 0 aromatic heterocycles. The first kappa shape index (κ1) is 19.7. The minimum absolute atomic E-state index is 0.0358. The molecule has 8 heteroatoms. The minimum atomic E-state index is -0.455. The quantitative estimate of drug-likeness (QED) is 0.227. The lowest BCUT2D eigenvalue weighted by molar-refractivity contribution is -0.384. The molecule has 0 amide bonds. The number of nitrogens with one attached hydrogen (secondary N) is 1. The molecular formula is C21H19N5O3. The summed E-state index contributed by atoms with van der Waals surface area (Å²) in [5, 5.41) is 32.3. The zero-order valence-corrected chi connectivity index (χ0v) is 15.7. The molecule has 0 aliphatic carbocycles. The highest BCUT2D eigenvalue weighted by atomic mass is 16.6. The second-order valence-corrected chi connectivity index (χ2v) is 5.99. The van der Waals surface area contributed by atoms with Gasteiger partial charge in [0, 0.05) is 30.5 Å². The van der Waals surface area contributed by atoms with E-state index in [0.29, 0.717) is 34.9 Å². The number of aliphatic imine (C=N–C) groups is 1. The van der Waals surface area contributed by atoms with Crippen molar-refractivity contribution in [3.05, 3.63) is 82.4 Å². The van der Waals surface area contributed by atoms with Crippen LogP contribution in [0.2, 0.25) is 0 Å². The first-order valence-corrected chi connectivity index (χ1v) is 8.93. The van der Waals surface area contributed by atoms with Crippen molar-refractivity contribution < 1.29 is 10.0 Å². The molecule has 8 nitrogen and oxygen atoms in total. The third-order valence-corrected chi connectivity index (χ3v) is 3.99. The third-order valence-electron chi connectivity index (χ3n) is 3.99. The second kappa shape index (κ2) is 9.23. The summed E-state index contributed by atoms with van der Waals surface area (Å²) in [7, 11) is 0. The molecule has 0 radical (unpaired) electrons. The lowest BCUT2D eigenvalue weighted by Gasteiger charge is -2.07. The fourth-order valence-corrected chi connectivity index (χ4v) is 2.56. The number of para-hydroxylation sites is 1. The van der Waals surface area contributed by atoms with Crippen molar-refractivity contribution in [1.29, 1.82) is 0 Å². The average Bonchev–Trinajstić information content (AvgIpc) is 2.73. The normalized spacial score (nSPS) is 11.2. The fraction of sp³-hybridized carbons (Fsp3) is 0.0952. The van der Waals surface area contributed by atoms with Crippen LogP contribution in [-0.2, 0) is 0 Å². The number of anilines is 1. The zero-order chi connectivity index (χ0) is 20.6. The summed E-state index contributed by atoms with van der Waals surface area (Å²) in [5.74, 6) is 0.0364. The number of nitro groups is 1. The summed E-state index contributed by atoms with van der Waals surface area (Å²) in [6, 6.07) is 18.4. The van der Waals surface area contributed by atoms with Gasteiger partial charge >= 0.3 is 0 Å². The predicted octanol–water partition coefficient (Wildman–Crippen LogP) is 5.90. The van der Waals surface area contributed by atoms with Gasteiger partial charge in [0.15, 0.2) is 0 Å². The largest absolute Gasteiger partial charge is 0.506 e. The van der Waals surface area contributed by atoms with Crippen molar-refractivity contribution in [1.82, 2.24) is 0 Å². The molecule has 3 rings (SSSR count). The summed E-state index contributed by atoms with van der Waals surface area (Å²) < 4.78 is 0. The molecule has 0 bridgehead atoms. The first-order chi connectivity index (χ1) is 14.1. The number of nitro benzene ring substituents is 1. The van der Waals surface area contributed by atoms with Crippen LogP contribution in [-0.4, -0.2) is 22.8 Å². The van der Waals surface area contributed by atoms with E-state index < -0.39 is 4.92 Å². The Balaban J connectivity index is 1.93. The molecule has 0 atom stereocenters. The SMILES string of the molecule is CCNc1ccc([N+](=O)[O-])cc1N=Cc1ccccc1N=Nc1ccccc1O. The highest BCUT2D eigenvalue weighted by molar-refractivity contribution is 5.89. The number of non-ortho nitro benzene ring substituents is 1. The molecule has 29 heavy (non-hydrogen) atoms. The van der Waals surface area contributed by atoms with Crippen molar-refractivity contribution in [2.24, 2.45) is 15.2 Å². The number of phenols is 1. The van der Waals surface area contributed by atoms with Gasteiger partial charge in [-0.15, -0.1) is 10.2 Å². The summed E-state index contributed by atoms with van der Waals surface area (Å²) in [4.78, 5) is 15.1. The smallest absolute Gasteiger partial charge is 0.271 e. The number of phenolic OH excluding ortho intramolecular Hbond substituents is 1. The van der Waals surface area contributed by atoms with Crippen LogP contribution in [0.1, 0.15) is 12.5 Å². The molecule has 0 unspecified atom stereocenters. The highest BCUT2D eigenvalue weighted by Gasteiger charge is 2.10. The number of hydrogen-bond donors (Lipinski definition) is 2. The Bertz CT molecular complexity index is 1080. The summed E-state index contributed by atoms with van der Waals surface area (Å²) in [6.45, 7) is 2.59. The van der Waals surface area contributed by atoms with E-state index in [1.807, 2.05) is 25.1 Å². The van der Waals surface area contributed by atoms with Gasteiger partial charge in [-0.25, -0.2) is 0 Å². The molecule has 0 aliphatic heterocycles. The topological polar surface area (TPSA) is 112 Å². The van der Waals surface area contributed by atoms with Crippen molar-refractivity contribution in [2.45, 2.75) is 6.92 Å². The molecule has 0 fully saturated rings. The number of aromatic hydroxyl groups is 1. The minimum Gasteiger partial charge on any atom is -0.506 e.